The number of carbonyl (C=O) groups is 1. The second-order valence-electron chi connectivity index (χ2n) is 3.71. The van der Waals surface area contributed by atoms with Crippen LogP contribution < -0.4 is 5.32 Å². The summed E-state index contributed by atoms with van der Waals surface area (Å²) in [5.74, 6) is -0.0536. The lowest BCUT2D eigenvalue weighted by atomic mass is 10.2. The van der Waals surface area contributed by atoms with Gasteiger partial charge in [-0.3, -0.25) is 4.79 Å². The van der Waals surface area contributed by atoms with E-state index in [1.807, 2.05) is 0 Å². The van der Waals surface area contributed by atoms with Crippen LogP contribution in [0.3, 0.4) is 0 Å². The van der Waals surface area contributed by atoms with E-state index < -0.39 is 0 Å². The van der Waals surface area contributed by atoms with Gasteiger partial charge in [0.15, 0.2) is 0 Å². The average Bonchev–Trinajstić information content (AvgIpc) is 2.63. The van der Waals surface area contributed by atoms with Gasteiger partial charge in [0.2, 0.25) is 5.22 Å². The van der Waals surface area contributed by atoms with Gasteiger partial charge in [-0.05, 0) is 24.6 Å². The van der Waals surface area contributed by atoms with Crippen LogP contribution in [0.4, 0.5) is 0 Å². The van der Waals surface area contributed by atoms with Crippen molar-refractivity contribution in [1.29, 1.82) is 0 Å². The zero-order valence-electron chi connectivity index (χ0n) is 8.50. The SMILES string of the molecule is CC1CN(C(=O)c2ccoc2Cl)CCN1. The van der Waals surface area contributed by atoms with E-state index in [1.165, 1.54) is 6.26 Å². The van der Waals surface area contributed by atoms with Crippen molar-refractivity contribution in [3.8, 4) is 0 Å². The van der Waals surface area contributed by atoms with E-state index in [2.05, 4.69) is 12.2 Å². The Kier molecular flexibility index (Phi) is 2.98. The first-order valence-electron chi connectivity index (χ1n) is 4.94. The molecule has 1 unspecified atom stereocenters. The summed E-state index contributed by atoms with van der Waals surface area (Å²) in [5.41, 5.74) is 0.450. The summed E-state index contributed by atoms with van der Waals surface area (Å²) < 4.78 is 4.91. The third-order valence-electron chi connectivity index (χ3n) is 2.50. The highest BCUT2D eigenvalue weighted by molar-refractivity contribution is 6.32. The molecule has 4 nitrogen and oxygen atoms in total. The summed E-state index contributed by atoms with van der Waals surface area (Å²) in [4.78, 5) is 13.8. The van der Waals surface area contributed by atoms with Crippen LogP contribution in [0.2, 0.25) is 5.22 Å². The van der Waals surface area contributed by atoms with Crippen molar-refractivity contribution >= 4 is 17.5 Å². The van der Waals surface area contributed by atoms with Gasteiger partial charge >= 0.3 is 0 Å². The molecular formula is C10H13ClN2O2. The Morgan fingerprint density at radius 3 is 3.13 bits per heavy atom. The molecule has 1 atom stereocenters. The van der Waals surface area contributed by atoms with Crippen molar-refractivity contribution in [3.63, 3.8) is 0 Å². The number of furan rings is 1. The molecule has 1 N–H and O–H groups in total. The first-order chi connectivity index (χ1) is 7.18. The Hall–Kier alpha value is -1.00. The van der Waals surface area contributed by atoms with Crippen LogP contribution in [0.25, 0.3) is 0 Å². The molecule has 0 aromatic carbocycles. The van der Waals surface area contributed by atoms with Crippen molar-refractivity contribution in [1.82, 2.24) is 10.2 Å². The lowest BCUT2D eigenvalue weighted by Crippen LogP contribution is -2.51. The summed E-state index contributed by atoms with van der Waals surface area (Å²) in [6, 6.07) is 1.94. The van der Waals surface area contributed by atoms with Crippen molar-refractivity contribution in [3.05, 3.63) is 23.1 Å². The molecule has 0 aliphatic carbocycles. The molecule has 1 fully saturated rings. The third-order valence-corrected chi connectivity index (χ3v) is 2.80. The van der Waals surface area contributed by atoms with E-state index in [1.54, 1.807) is 11.0 Å². The normalized spacial score (nSPS) is 21.7. The van der Waals surface area contributed by atoms with E-state index in [0.29, 0.717) is 24.7 Å². The summed E-state index contributed by atoms with van der Waals surface area (Å²) in [5, 5.41) is 3.45. The van der Waals surface area contributed by atoms with Crippen molar-refractivity contribution < 1.29 is 9.21 Å². The minimum absolute atomic E-state index is 0.0536. The van der Waals surface area contributed by atoms with E-state index >= 15 is 0 Å². The Bertz CT molecular complexity index is 364. The van der Waals surface area contributed by atoms with E-state index in [-0.39, 0.29) is 11.1 Å². The highest BCUT2D eigenvalue weighted by Gasteiger charge is 2.24. The smallest absolute Gasteiger partial charge is 0.258 e. The number of rotatable bonds is 1. The molecule has 0 spiro atoms. The van der Waals surface area contributed by atoms with Crippen molar-refractivity contribution in [2.24, 2.45) is 0 Å². The van der Waals surface area contributed by atoms with Gasteiger partial charge in [0.25, 0.3) is 5.91 Å². The Labute approximate surface area is 93.2 Å². The van der Waals surface area contributed by atoms with Gasteiger partial charge < -0.3 is 14.6 Å². The fraction of sp³-hybridized carbons (Fsp3) is 0.500. The van der Waals surface area contributed by atoms with Crippen LogP contribution in [0.5, 0.6) is 0 Å². The van der Waals surface area contributed by atoms with Gasteiger partial charge in [0.05, 0.1) is 11.8 Å². The molecule has 1 aliphatic rings. The molecule has 0 bridgehead atoms. The van der Waals surface area contributed by atoms with Gasteiger partial charge in [-0.25, -0.2) is 0 Å². The van der Waals surface area contributed by atoms with Crippen molar-refractivity contribution in [2.45, 2.75) is 13.0 Å². The van der Waals surface area contributed by atoms with E-state index in [9.17, 15) is 4.79 Å². The standard InChI is InChI=1S/C10H13ClN2O2/c1-7-6-13(4-3-12-7)10(14)8-2-5-15-9(8)11/h2,5,7,12H,3-4,6H2,1H3. The predicted molar refractivity (Wildman–Crippen MR) is 57.1 cm³/mol. The number of hydrogen-bond donors (Lipinski definition) is 1. The highest BCUT2D eigenvalue weighted by Crippen LogP contribution is 2.19. The Morgan fingerprint density at radius 2 is 2.53 bits per heavy atom. The number of nitrogens with zero attached hydrogens (tertiary/aromatic N) is 1. The third kappa shape index (κ3) is 2.16. The quantitative estimate of drug-likeness (QED) is 0.790. The van der Waals surface area contributed by atoms with E-state index in [0.717, 1.165) is 6.54 Å². The maximum atomic E-state index is 12.0. The fourth-order valence-electron chi connectivity index (χ4n) is 1.73. The molecule has 2 heterocycles. The molecular weight excluding hydrogens is 216 g/mol. The maximum absolute atomic E-state index is 12.0. The first kappa shape index (κ1) is 10.5. The molecule has 82 valence electrons. The lowest BCUT2D eigenvalue weighted by Gasteiger charge is -2.31. The van der Waals surface area contributed by atoms with Crippen molar-refractivity contribution in [2.75, 3.05) is 19.6 Å². The number of halogens is 1. The molecule has 1 aromatic rings. The van der Waals surface area contributed by atoms with Crippen LogP contribution in [0.15, 0.2) is 16.7 Å². The van der Waals surface area contributed by atoms with Crippen LogP contribution in [-0.2, 0) is 0 Å². The molecule has 1 aromatic heterocycles. The molecule has 0 radical (unpaired) electrons. The minimum Gasteiger partial charge on any atom is -0.452 e. The predicted octanol–water partition coefficient (Wildman–Crippen LogP) is 1.37. The topological polar surface area (TPSA) is 45.5 Å². The zero-order valence-corrected chi connectivity index (χ0v) is 9.25. The number of amides is 1. The van der Waals surface area contributed by atoms with Crippen LogP contribution in [0, 0.1) is 0 Å². The van der Waals surface area contributed by atoms with Crippen LogP contribution in [0.1, 0.15) is 17.3 Å². The van der Waals surface area contributed by atoms with Gasteiger partial charge in [0.1, 0.15) is 0 Å². The van der Waals surface area contributed by atoms with Gasteiger partial charge in [-0.2, -0.15) is 0 Å². The second-order valence-corrected chi connectivity index (χ2v) is 4.06. The lowest BCUT2D eigenvalue weighted by molar-refractivity contribution is 0.0708. The molecule has 2 rings (SSSR count). The molecule has 5 heteroatoms. The molecule has 1 amide bonds. The second kappa shape index (κ2) is 4.24. The monoisotopic (exact) mass is 228 g/mol. The van der Waals surface area contributed by atoms with Gasteiger partial charge in [-0.1, -0.05) is 0 Å². The van der Waals surface area contributed by atoms with E-state index in [4.69, 9.17) is 16.0 Å². The number of piperazine rings is 1. The van der Waals surface area contributed by atoms with Gasteiger partial charge in [-0.15, -0.1) is 0 Å². The largest absolute Gasteiger partial charge is 0.452 e. The molecule has 15 heavy (non-hydrogen) atoms. The summed E-state index contributed by atoms with van der Waals surface area (Å²) in [7, 11) is 0. The first-order valence-corrected chi connectivity index (χ1v) is 5.32. The average molecular weight is 229 g/mol. The Balaban J connectivity index is 2.11. The summed E-state index contributed by atoms with van der Waals surface area (Å²) in [6.45, 7) is 4.30. The molecule has 1 aliphatic heterocycles. The number of nitrogens with one attached hydrogen (secondary N) is 1. The zero-order chi connectivity index (χ0) is 10.8. The Morgan fingerprint density at radius 1 is 1.73 bits per heavy atom. The maximum Gasteiger partial charge on any atom is 0.258 e. The van der Waals surface area contributed by atoms with Gasteiger partial charge in [0, 0.05) is 25.7 Å². The molecule has 1 saturated heterocycles. The highest BCUT2D eigenvalue weighted by atomic mass is 35.5. The fourth-order valence-corrected chi connectivity index (χ4v) is 1.93. The summed E-state index contributed by atoms with van der Waals surface area (Å²) in [6.07, 6.45) is 1.43. The molecule has 0 saturated carbocycles. The van der Waals surface area contributed by atoms with Crippen LogP contribution >= 0.6 is 11.6 Å². The number of hydrogen-bond acceptors (Lipinski definition) is 3. The minimum atomic E-state index is -0.0536. The van der Waals surface area contributed by atoms with Crippen LogP contribution in [-0.4, -0.2) is 36.5 Å². The number of carbonyl (C=O) groups excluding carboxylic acids is 1. The summed E-state index contributed by atoms with van der Waals surface area (Å²) >= 11 is 5.76.